The zero-order valence-corrected chi connectivity index (χ0v) is 11.5. The van der Waals surface area contributed by atoms with Crippen molar-refractivity contribution >= 4 is 11.6 Å². The molecule has 0 amide bonds. The number of aromatic nitrogens is 2. The quantitative estimate of drug-likeness (QED) is 0.896. The molecule has 112 valence electrons. The van der Waals surface area contributed by atoms with Crippen molar-refractivity contribution in [3.8, 4) is 0 Å². The highest BCUT2D eigenvalue weighted by molar-refractivity contribution is 5.47. The number of nitrogens with zero attached hydrogens (tertiary/aromatic N) is 4. The molecule has 20 heavy (non-hydrogen) atoms. The van der Waals surface area contributed by atoms with Crippen molar-refractivity contribution in [1.82, 2.24) is 14.9 Å². The van der Waals surface area contributed by atoms with E-state index in [-0.39, 0.29) is 17.7 Å². The zero-order chi connectivity index (χ0) is 14.9. The van der Waals surface area contributed by atoms with Gasteiger partial charge in [0.15, 0.2) is 0 Å². The molecular weight excluding hydrogens is 271 g/mol. The lowest BCUT2D eigenvalue weighted by Gasteiger charge is -2.36. The first-order valence-electron chi connectivity index (χ1n) is 6.40. The summed E-state index contributed by atoms with van der Waals surface area (Å²) in [7, 11) is 3.74. The van der Waals surface area contributed by atoms with Crippen molar-refractivity contribution in [2.24, 2.45) is 0 Å². The first kappa shape index (κ1) is 14.8. The summed E-state index contributed by atoms with van der Waals surface area (Å²) in [5.74, 6) is -1.15. The summed E-state index contributed by atoms with van der Waals surface area (Å²) in [6, 6.07) is 1.51. The van der Waals surface area contributed by atoms with Crippen LogP contribution in [-0.2, 0) is 6.18 Å². The Morgan fingerprint density at radius 2 is 2.10 bits per heavy atom. The Hall–Kier alpha value is -1.57. The normalized spacial score (nSPS) is 20.9. The lowest BCUT2D eigenvalue weighted by molar-refractivity contribution is -0.144. The van der Waals surface area contributed by atoms with Crippen LogP contribution >= 0.6 is 0 Å². The van der Waals surface area contributed by atoms with Gasteiger partial charge in [0.05, 0.1) is 0 Å². The van der Waals surface area contributed by atoms with Gasteiger partial charge < -0.3 is 15.5 Å². The second-order valence-corrected chi connectivity index (χ2v) is 5.14. The Bertz CT molecular complexity index is 477. The Kier molecular flexibility index (Phi) is 4.03. The fourth-order valence-electron chi connectivity index (χ4n) is 2.40. The SMILES string of the molecule is CN1CCCC(N(C)c2cc(N)nc(C(F)(F)F)n2)C1. The molecule has 1 unspecified atom stereocenters. The molecular formula is C12H18F3N5. The van der Waals surface area contributed by atoms with Gasteiger partial charge in [-0.3, -0.25) is 0 Å². The zero-order valence-electron chi connectivity index (χ0n) is 11.5. The van der Waals surface area contributed by atoms with Gasteiger partial charge in [0.25, 0.3) is 0 Å². The number of nitrogen functional groups attached to an aromatic ring is 1. The lowest BCUT2D eigenvalue weighted by atomic mass is 10.1. The largest absolute Gasteiger partial charge is 0.451 e. The summed E-state index contributed by atoms with van der Waals surface area (Å²) in [6.45, 7) is 1.80. The van der Waals surface area contributed by atoms with E-state index in [0.717, 1.165) is 25.9 Å². The highest BCUT2D eigenvalue weighted by Gasteiger charge is 2.36. The van der Waals surface area contributed by atoms with E-state index in [4.69, 9.17) is 5.73 Å². The lowest BCUT2D eigenvalue weighted by Crippen LogP contribution is -2.45. The molecule has 8 heteroatoms. The fourth-order valence-corrected chi connectivity index (χ4v) is 2.40. The van der Waals surface area contributed by atoms with Crippen molar-refractivity contribution in [3.63, 3.8) is 0 Å². The maximum atomic E-state index is 12.7. The van der Waals surface area contributed by atoms with Gasteiger partial charge >= 0.3 is 6.18 Å². The third-order valence-electron chi connectivity index (χ3n) is 3.49. The van der Waals surface area contributed by atoms with Gasteiger partial charge in [-0.25, -0.2) is 9.97 Å². The molecule has 1 aliphatic heterocycles. The first-order chi connectivity index (χ1) is 9.27. The average molecular weight is 289 g/mol. The van der Waals surface area contributed by atoms with Crippen LogP contribution in [0.2, 0.25) is 0 Å². The van der Waals surface area contributed by atoms with Crippen molar-refractivity contribution in [3.05, 3.63) is 11.9 Å². The molecule has 1 aromatic heterocycles. The number of halogens is 3. The van der Waals surface area contributed by atoms with Gasteiger partial charge in [0.2, 0.25) is 5.82 Å². The van der Waals surface area contributed by atoms with E-state index in [0.29, 0.717) is 0 Å². The minimum atomic E-state index is -4.59. The predicted octanol–water partition coefficient (Wildman–Crippen LogP) is 1.61. The molecule has 2 rings (SSSR count). The summed E-state index contributed by atoms with van der Waals surface area (Å²) < 4.78 is 38.1. The van der Waals surface area contributed by atoms with Crippen molar-refractivity contribution in [2.75, 3.05) is 37.8 Å². The molecule has 0 saturated carbocycles. The van der Waals surface area contributed by atoms with Gasteiger partial charge in [-0.2, -0.15) is 13.2 Å². The molecule has 0 bridgehead atoms. The van der Waals surface area contributed by atoms with Crippen LogP contribution in [0, 0.1) is 0 Å². The van der Waals surface area contributed by atoms with E-state index in [1.54, 1.807) is 11.9 Å². The maximum absolute atomic E-state index is 12.7. The summed E-state index contributed by atoms with van der Waals surface area (Å²) in [6.07, 6.45) is -2.65. The Labute approximate surface area is 115 Å². The van der Waals surface area contributed by atoms with Gasteiger partial charge in [-0.05, 0) is 26.4 Å². The smallest absolute Gasteiger partial charge is 0.384 e. The molecule has 0 aliphatic carbocycles. The summed E-state index contributed by atoms with van der Waals surface area (Å²) in [4.78, 5) is 10.8. The highest BCUT2D eigenvalue weighted by Crippen LogP contribution is 2.29. The van der Waals surface area contributed by atoms with E-state index in [1.807, 2.05) is 7.05 Å². The summed E-state index contributed by atoms with van der Waals surface area (Å²) in [5.41, 5.74) is 5.46. The van der Waals surface area contributed by atoms with Crippen molar-refractivity contribution in [2.45, 2.75) is 25.1 Å². The number of piperidine rings is 1. The molecule has 0 radical (unpaired) electrons. The van der Waals surface area contributed by atoms with Crippen LogP contribution in [0.1, 0.15) is 18.7 Å². The van der Waals surface area contributed by atoms with Crippen LogP contribution < -0.4 is 10.6 Å². The standard InChI is InChI=1S/C12H18F3N5/c1-19-5-3-4-8(7-19)20(2)10-6-9(16)17-11(18-10)12(13,14)15/h6,8H,3-5,7H2,1-2H3,(H2,16,17,18). The monoisotopic (exact) mass is 289 g/mol. The first-order valence-corrected chi connectivity index (χ1v) is 6.40. The molecule has 5 nitrogen and oxygen atoms in total. The highest BCUT2D eigenvalue weighted by atomic mass is 19.4. The van der Waals surface area contributed by atoms with Gasteiger partial charge in [0.1, 0.15) is 11.6 Å². The van der Waals surface area contributed by atoms with E-state index in [1.165, 1.54) is 6.07 Å². The number of hydrogen-bond donors (Lipinski definition) is 1. The second-order valence-electron chi connectivity index (χ2n) is 5.14. The molecule has 1 fully saturated rings. The fraction of sp³-hybridized carbons (Fsp3) is 0.667. The van der Waals surface area contributed by atoms with Crippen LogP contribution in [-0.4, -0.2) is 48.1 Å². The topological polar surface area (TPSA) is 58.3 Å². The second kappa shape index (κ2) is 5.43. The molecule has 0 aromatic carbocycles. The Morgan fingerprint density at radius 3 is 2.70 bits per heavy atom. The molecule has 0 spiro atoms. The number of likely N-dealkylation sites (tertiary alicyclic amines) is 1. The summed E-state index contributed by atoms with van der Waals surface area (Å²) in [5, 5.41) is 0. The number of anilines is 2. The molecule has 1 aromatic rings. The molecule has 1 saturated heterocycles. The molecule has 1 atom stereocenters. The molecule has 2 heterocycles. The van der Waals surface area contributed by atoms with E-state index in [2.05, 4.69) is 14.9 Å². The van der Waals surface area contributed by atoms with E-state index < -0.39 is 12.0 Å². The minimum absolute atomic E-state index is 0.129. The number of hydrogen-bond acceptors (Lipinski definition) is 5. The predicted molar refractivity (Wildman–Crippen MR) is 70.4 cm³/mol. The van der Waals surface area contributed by atoms with E-state index >= 15 is 0 Å². The minimum Gasteiger partial charge on any atom is -0.384 e. The van der Waals surface area contributed by atoms with Gasteiger partial charge in [-0.1, -0.05) is 0 Å². The maximum Gasteiger partial charge on any atom is 0.451 e. The van der Waals surface area contributed by atoms with Gasteiger partial charge in [0, 0.05) is 25.7 Å². The molecule has 1 aliphatic rings. The number of nitrogens with two attached hydrogens (primary N) is 1. The molecule has 2 N–H and O–H groups in total. The number of alkyl halides is 3. The van der Waals surface area contributed by atoms with Crippen LogP contribution in [0.3, 0.4) is 0 Å². The Morgan fingerprint density at radius 1 is 1.40 bits per heavy atom. The third kappa shape index (κ3) is 3.30. The van der Waals surface area contributed by atoms with Crippen LogP contribution in [0.4, 0.5) is 24.8 Å². The number of rotatable bonds is 2. The van der Waals surface area contributed by atoms with Gasteiger partial charge in [-0.15, -0.1) is 0 Å². The van der Waals surface area contributed by atoms with Crippen molar-refractivity contribution < 1.29 is 13.2 Å². The van der Waals surface area contributed by atoms with Crippen molar-refractivity contribution in [1.29, 1.82) is 0 Å². The Balaban J connectivity index is 2.25. The number of likely N-dealkylation sites (N-methyl/N-ethyl adjacent to an activating group) is 2. The third-order valence-corrected chi connectivity index (χ3v) is 3.49. The summed E-state index contributed by atoms with van der Waals surface area (Å²) >= 11 is 0. The average Bonchev–Trinajstić information content (AvgIpc) is 2.36. The van der Waals surface area contributed by atoms with E-state index in [9.17, 15) is 13.2 Å². The van der Waals surface area contributed by atoms with Crippen LogP contribution in [0.15, 0.2) is 6.07 Å². The van der Waals surface area contributed by atoms with Crippen LogP contribution in [0.25, 0.3) is 0 Å². The van der Waals surface area contributed by atoms with Crippen LogP contribution in [0.5, 0.6) is 0 Å².